The van der Waals surface area contributed by atoms with Crippen molar-refractivity contribution in [3.05, 3.63) is 11.2 Å². The number of rotatable bonds is 0. The average molecular weight is 245 g/mol. The molecule has 0 aliphatic carbocycles. The predicted octanol–water partition coefficient (Wildman–Crippen LogP) is 1.35. The van der Waals surface area contributed by atoms with Crippen LogP contribution in [-0.4, -0.2) is 28.2 Å². The van der Waals surface area contributed by atoms with Gasteiger partial charge >= 0.3 is 0 Å². The molecule has 13 heavy (non-hydrogen) atoms. The Hall–Kier alpha value is -0.290. The molecule has 0 bridgehead atoms. The summed E-state index contributed by atoms with van der Waals surface area (Å²) in [5.74, 6) is 0. The molecule has 0 aromatic carbocycles. The molecule has 0 aromatic rings. The van der Waals surface area contributed by atoms with Gasteiger partial charge in [0.1, 0.15) is 5.38 Å². The molecule has 0 aromatic heterocycles. The second-order valence-corrected chi connectivity index (χ2v) is 3.55. The first-order valence-corrected chi connectivity index (χ1v) is 4.25. The Morgan fingerprint density at radius 3 is 2.54 bits per heavy atom. The lowest BCUT2D eigenvalue weighted by molar-refractivity contribution is -0.122. The van der Waals surface area contributed by atoms with Gasteiger partial charge in [-0.05, 0) is 0 Å². The smallest absolute Gasteiger partial charge is 0.290 e. The SMILES string of the molecule is NC1(Cl)C(Cl)=CN=CC1Cl.O=CO. The summed E-state index contributed by atoms with van der Waals surface area (Å²) in [6.07, 6.45) is 2.83. The van der Waals surface area contributed by atoms with Crippen LogP contribution < -0.4 is 5.73 Å². The zero-order chi connectivity index (χ0) is 10.5. The highest BCUT2D eigenvalue weighted by Gasteiger charge is 2.35. The molecule has 1 heterocycles. The molecule has 2 atom stereocenters. The fourth-order valence-corrected chi connectivity index (χ4v) is 1.04. The van der Waals surface area contributed by atoms with E-state index in [9.17, 15) is 0 Å². The number of hydrogen-bond acceptors (Lipinski definition) is 3. The lowest BCUT2D eigenvalue weighted by Gasteiger charge is -2.25. The molecule has 1 aliphatic heterocycles. The van der Waals surface area contributed by atoms with Crippen LogP contribution in [0.1, 0.15) is 0 Å². The molecule has 0 saturated carbocycles. The summed E-state index contributed by atoms with van der Waals surface area (Å²) in [5, 5.41) is 6.60. The lowest BCUT2D eigenvalue weighted by Crippen LogP contribution is -2.45. The van der Waals surface area contributed by atoms with Gasteiger partial charge in [0, 0.05) is 12.4 Å². The number of nitrogens with zero attached hydrogens (tertiary/aromatic N) is 1. The van der Waals surface area contributed by atoms with Crippen LogP contribution in [0.15, 0.2) is 16.2 Å². The van der Waals surface area contributed by atoms with Crippen molar-refractivity contribution < 1.29 is 9.90 Å². The molecule has 4 nitrogen and oxygen atoms in total. The Bertz CT molecular complexity index is 240. The molecule has 2 unspecified atom stereocenters. The maximum Gasteiger partial charge on any atom is 0.290 e. The minimum Gasteiger partial charge on any atom is -0.483 e. The van der Waals surface area contributed by atoms with E-state index in [2.05, 4.69) is 4.99 Å². The topological polar surface area (TPSA) is 75.7 Å². The number of nitrogens with two attached hydrogens (primary N) is 1. The van der Waals surface area contributed by atoms with Gasteiger partial charge in [-0.15, -0.1) is 11.6 Å². The van der Waals surface area contributed by atoms with Crippen LogP contribution in [0.2, 0.25) is 0 Å². The van der Waals surface area contributed by atoms with E-state index in [1.807, 2.05) is 0 Å². The zero-order valence-corrected chi connectivity index (χ0v) is 8.59. The molecule has 7 heteroatoms. The van der Waals surface area contributed by atoms with Crippen molar-refractivity contribution in [1.82, 2.24) is 0 Å². The van der Waals surface area contributed by atoms with Gasteiger partial charge in [0.05, 0.1) is 5.03 Å². The summed E-state index contributed by atoms with van der Waals surface area (Å²) in [6, 6.07) is 0. The molecule has 0 saturated heterocycles. The largest absolute Gasteiger partial charge is 0.483 e. The number of aliphatic imine (C=N–C) groups is 1. The second kappa shape index (κ2) is 5.44. The van der Waals surface area contributed by atoms with Crippen LogP contribution in [-0.2, 0) is 4.79 Å². The summed E-state index contributed by atoms with van der Waals surface area (Å²) in [4.78, 5) is 10.9. The fourth-order valence-electron chi connectivity index (χ4n) is 0.523. The van der Waals surface area contributed by atoms with Crippen LogP contribution in [0.4, 0.5) is 0 Å². The molecular weight excluding hydrogens is 238 g/mol. The summed E-state index contributed by atoms with van der Waals surface area (Å²) < 4.78 is 0. The van der Waals surface area contributed by atoms with E-state index in [0.717, 1.165) is 0 Å². The van der Waals surface area contributed by atoms with Gasteiger partial charge in [0.15, 0.2) is 5.00 Å². The van der Waals surface area contributed by atoms with Crippen LogP contribution in [0.25, 0.3) is 0 Å². The van der Waals surface area contributed by atoms with Crippen molar-refractivity contribution in [2.24, 2.45) is 10.7 Å². The van der Waals surface area contributed by atoms with E-state index < -0.39 is 10.4 Å². The number of hydrogen-bond donors (Lipinski definition) is 2. The standard InChI is InChI=1S/C5H5Cl3N2.CH2O2/c6-3-1-10-2-4(7)5(3,8)9;2-1-3/h1-3H,9H2;1H,(H,2,3). The van der Waals surface area contributed by atoms with E-state index in [0.29, 0.717) is 0 Å². The Labute approximate surface area is 90.0 Å². The van der Waals surface area contributed by atoms with Crippen molar-refractivity contribution in [3.8, 4) is 0 Å². The van der Waals surface area contributed by atoms with Gasteiger partial charge in [-0.1, -0.05) is 23.2 Å². The highest BCUT2D eigenvalue weighted by atomic mass is 35.5. The molecule has 0 spiro atoms. The van der Waals surface area contributed by atoms with E-state index in [4.69, 9.17) is 50.4 Å². The third-order valence-electron chi connectivity index (χ3n) is 1.17. The maximum absolute atomic E-state index is 8.36. The molecular formula is C6H7Cl3N2O2. The maximum atomic E-state index is 8.36. The average Bonchev–Trinajstić information content (AvgIpc) is 2.03. The summed E-state index contributed by atoms with van der Waals surface area (Å²) in [7, 11) is 0. The normalized spacial score (nSPS) is 31.4. The first-order chi connectivity index (χ1) is 5.96. The second-order valence-electron chi connectivity index (χ2n) is 2.05. The highest BCUT2D eigenvalue weighted by Crippen LogP contribution is 2.31. The predicted molar refractivity (Wildman–Crippen MR) is 53.5 cm³/mol. The van der Waals surface area contributed by atoms with Crippen molar-refractivity contribution in [3.63, 3.8) is 0 Å². The Morgan fingerprint density at radius 2 is 2.23 bits per heavy atom. The number of carboxylic acid groups (broad SMARTS) is 1. The Morgan fingerprint density at radius 1 is 1.77 bits per heavy atom. The molecule has 0 amide bonds. The Kier molecular flexibility index (Phi) is 5.32. The van der Waals surface area contributed by atoms with Crippen LogP contribution in [0.3, 0.4) is 0 Å². The van der Waals surface area contributed by atoms with Crippen molar-refractivity contribution in [1.29, 1.82) is 0 Å². The molecule has 3 N–H and O–H groups in total. The van der Waals surface area contributed by atoms with Crippen LogP contribution in [0, 0.1) is 0 Å². The first-order valence-electron chi connectivity index (χ1n) is 3.06. The number of alkyl halides is 2. The molecule has 0 radical (unpaired) electrons. The lowest BCUT2D eigenvalue weighted by atomic mass is 10.2. The summed E-state index contributed by atoms with van der Waals surface area (Å²) >= 11 is 17.0. The molecule has 1 rings (SSSR count). The van der Waals surface area contributed by atoms with Crippen molar-refractivity contribution in [2.75, 3.05) is 0 Å². The van der Waals surface area contributed by atoms with Gasteiger partial charge in [-0.3, -0.25) is 9.79 Å². The number of carbonyl (C=O) groups is 1. The minimum absolute atomic E-state index is 0.250. The van der Waals surface area contributed by atoms with Crippen LogP contribution in [0.5, 0.6) is 0 Å². The van der Waals surface area contributed by atoms with Gasteiger partial charge < -0.3 is 10.8 Å². The van der Waals surface area contributed by atoms with E-state index in [1.165, 1.54) is 12.4 Å². The third kappa shape index (κ3) is 3.52. The van der Waals surface area contributed by atoms with Gasteiger partial charge in [-0.2, -0.15) is 0 Å². The van der Waals surface area contributed by atoms with Crippen molar-refractivity contribution in [2.45, 2.75) is 10.4 Å². The van der Waals surface area contributed by atoms with E-state index in [-0.39, 0.29) is 11.5 Å². The van der Waals surface area contributed by atoms with Gasteiger partial charge in [0.2, 0.25) is 0 Å². The van der Waals surface area contributed by atoms with E-state index >= 15 is 0 Å². The van der Waals surface area contributed by atoms with Gasteiger partial charge in [0.25, 0.3) is 6.47 Å². The first kappa shape index (κ1) is 12.7. The van der Waals surface area contributed by atoms with E-state index in [1.54, 1.807) is 0 Å². The van der Waals surface area contributed by atoms with Gasteiger partial charge in [-0.25, -0.2) is 0 Å². The summed E-state index contributed by atoms with van der Waals surface area (Å²) in [6.45, 7) is -0.250. The minimum atomic E-state index is -1.19. The van der Waals surface area contributed by atoms with Crippen LogP contribution >= 0.6 is 34.8 Å². The summed E-state index contributed by atoms with van der Waals surface area (Å²) in [5.41, 5.74) is 5.51. The Balaban J connectivity index is 0.000000424. The monoisotopic (exact) mass is 244 g/mol. The fraction of sp³-hybridized carbons (Fsp3) is 0.333. The number of halogens is 3. The quantitative estimate of drug-likeness (QED) is 0.384. The zero-order valence-electron chi connectivity index (χ0n) is 6.32. The van der Waals surface area contributed by atoms with Crippen molar-refractivity contribution >= 4 is 47.5 Å². The third-order valence-corrected chi connectivity index (χ3v) is 2.69. The molecule has 74 valence electrons. The molecule has 1 aliphatic rings. The molecule has 0 fully saturated rings. The highest BCUT2D eigenvalue weighted by molar-refractivity contribution is 6.45.